The van der Waals surface area contributed by atoms with Crippen molar-refractivity contribution in [3.63, 3.8) is 0 Å². The van der Waals surface area contributed by atoms with E-state index in [1.165, 1.54) is 0 Å². The van der Waals surface area contributed by atoms with E-state index in [4.69, 9.17) is 15.2 Å². The Bertz CT molecular complexity index is 422. The van der Waals surface area contributed by atoms with Crippen LogP contribution in [-0.2, 0) is 11.3 Å². The SMILES string of the molecule is CCCOc1cccc(CN=C(N)NCCCOCC)c1. The molecule has 1 rings (SSSR count). The fourth-order valence-electron chi connectivity index (χ4n) is 1.72. The van der Waals surface area contributed by atoms with Gasteiger partial charge in [-0.3, -0.25) is 0 Å². The van der Waals surface area contributed by atoms with Gasteiger partial charge >= 0.3 is 0 Å². The molecule has 1 aromatic carbocycles. The molecule has 118 valence electrons. The molecular formula is C16H27N3O2. The highest BCUT2D eigenvalue weighted by atomic mass is 16.5. The highest BCUT2D eigenvalue weighted by Crippen LogP contribution is 2.14. The van der Waals surface area contributed by atoms with Crippen LogP contribution in [0.25, 0.3) is 0 Å². The summed E-state index contributed by atoms with van der Waals surface area (Å²) >= 11 is 0. The Labute approximate surface area is 127 Å². The molecule has 0 saturated carbocycles. The average molecular weight is 293 g/mol. The molecule has 0 heterocycles. The van der Waals surface area contributed by atoms with Crippen molar-refractivity contribution in [1.82, 2.24) is 5.32 Å². The van der Waals surface area contributed by atoms with E-state index in [-0.39, 0.29) is 0 Å². The van der Waals surface area contributed by atoms with Crippen LogP contribution in [0.1, 0.15) is 32.3 Å². The summed E-state index contributed by atoms with van der Waals surface area (Å²) in [6, 6.07) is 7.95. The minimum Gasteiger partial charge on any atom is -0.494 e. The van der Waals surface area contributed by atoms with Crippen LogP contribution in [0.3, 0.4) is 0 Å². The quantitative estimate of drug-likeness (QED) is 0.394. The summed E-state index contributed by atoms with van der Waals surface area (Å²) in [7, 11) is 0. The van der Waals surface area contributed by atoms with Crippen molar-refractivity contribution in [2.75, 3.05) is 26.4 Å². The van der Waals surface area contributed by atoms with Gasteiger partial charge in [-0.2, -0.15) is 0 Å². The van der Waals surface area contributed by atoms with Crippen LogP contribution in [0.5, 0.6) is 5.75 Å². The number of nitrogens with one attached hydrogen (secondary N) is 1. The van der Waals surface area contributed by atoms with Crippen LogP contribution >= 0.6 is 0 Å². The molecule has 0 bridgehead atoms. The number of benzene rings is 1. The normalized spacial score (nSPS) is 11.4. The first-order valence-corrected chi connectivity index (χ1v) is 7.59. The Morgan fingerprint density at radius 2 is 2.14 bits per heavy atom. The van der Waals surface area contributed by atoms with Gasteiger partial charge in [0.05, 0.1) is 13.2 Å². The van der Waals surface area contributed by atoms with Crippen LogP contribution < -0.4 is 15.8 Å². The van der Waals surface area contributed by atoms with Crippen LogP contribution in [0.4, 0.5) is 0 Å². The molecule has 0 aliphatic heterocycles. The number of nitrogens with zero attached hydrogens (tertiary/aromatic N) is 1. The van der Waals surface area contributed by atoms with Crippen LogP contribution in [0, 0.1) is 0 Å². The lowest BCUT2D eigenvalue weighted by Gasteiger charge is -2.07. The molecule has 5 heteroatoms. The maximum absolute atomic E-state index is 5.82. The van der Waals surface area contributed by atoms with E-state index in [1.54, 1.807) is 0 Å². The zero-order valence-electron chi connectivity index (χ0n) is 13.1. The monoisotopic (exact) mass is 293 g/mol. The van der Waals surface area contributed by atoms with E-state index < -0.39 is 0 Å². The average Bonchev–Trinajstić information content (AvgIpc) is 2.51. The predicted octanol–water partition coefficient (Wildman–Crippen LogP) is 2.31. The zero-order valence-corrected chi connectivity index (χ0v) is 13.1. The number of ether oxygens (including phenoxy) is 2. The highest BCUT2D eigenvalue weighted by Gasteiger charge is 1.97. The van der Waals surface area contributed by atoms with Crippen molar-refractivity contribution in [3.8, 4) is 5.75 Å². The van der Waals surface area contributed by atoms with Gasteiger partial charge in [-0.15, -0.1) is 0 Å². The van der Waals surface area contributed by atoms with E-state index in [0.29, 0.717) is 12.5 Å². The Morgan fingerprint density at radius 3 is 2.90 bits per heavy atom. The third-order valence-corrected chi connectivity index (χ3v) is 2.78. The molecule has 0 unspecified atom stereocenters. The first-order chi connectivity index (χ1) is 10.3. The number of nitrogens with two attached hydrogens (primary N) is 1. The molecule has 0 atom stereocenters. The third kappa shape index (κ3) is 8.19. The summed E-state index contributed by atoms with van der Waals surface area (Å²) in [5, 5.41) is 3.08. The van der Waals surface area contributed by atoms with E-state index >= 15 is 0 Å². The topological polar surface area (TPSA) is 68.9 Å². The van der Waals surface area contributed by atoms with Crippen molar-refractivity contribution in [2.45, 2.75) is 33.2 Å². The third-order valence-electron chi connectivity index (χ3n) is 2.78. The molecular weight excluding hydrogens is 266 g/mol. The summed E-state index contributed by atoms with van der Waals surface area (Å²) < 4.78 is 10.9. The van der Waals surface area contributed by atoms with E-state index in [1.807, 2.05) is 31.2 Å². The van der Waals surface area contributed by atoms with Gasteiger partial charge in [0.25, 0.3) is 0 Å². The first kappa shape index (κ1) is 17.3. The number of hydrogen-bond acceptors (Lipinski definition) is 3. The molecule has 5 nitrogen and oxygen atoms in total. The van der Waals surface area contributed by atoms with E-state index in [2.05, 4.69) is 17.2 Å². The molecule has 1 aromatic rings. The van der Waals surface area contributed by atoms with Crippen LogP contribution in [0.15, 0.2) is 29.3 Å². The lowest BCUT2D eigenvalue weighted by molar-refractivity contribution is 0.145. The van der Waals surface area contributed by atoms with Gasteiger partial charge < -0.3 is 20.5 Å². The molecule has 0 aliphatic rings. The van der Waals surface area contributed by atoms with Crippen molar-refractivity contribution < 1.29 is 9.47 Å². The summed E-state index contributed by atoms with van der Waals surface area (Å²) in [6.07, 6.45) is 1.92. The Hall–Kier alpha value is -1.75. The number of aliphatic imine (C=N–C) groups is 1. The molecule has 0 saturated heterocycles. The fourth-order valence-corrected chi connectivity index (χ4v) is 1.72. The van der Waals surface area contributed by atoms with Gasteiger partial charge in [0.15, 0.2) is 5.96 Å². The molecule has 0 spiro atoms. The van der Waals surface area contributed by atoms with Crippen molar-refractivity contribution in [2.24, 2.45) is 10.7 Å². The maximum atomic E-state index is 5.82. The fraction of sp³-hybridized carbons (Fsp3) is 0.562. The molecule has 0 amide bonds. The van der Waals surface area contributed by atoms with Crippen molar-refractivity contribution in [1.29, 1.82) is 0 Å². The Kier molecular flexibility index (Phi) is 9.04. The molecule has 21 heavy (non-hydrogen) atoms. The lowest BCUT2D eigenvalue weighted by Crippen LogP contribution is -2.32. The second kappa shape index (κ2) is 11.0. The molecule has 0 fully saturated rings. The number of guanidine groups is 1. The summed E-state index contributed by atoms with van der Waals surface area (Å²) in [5.41, 5.74) is 6.91. The predicted molar refractivity (Wildman–Crippen MR) is 86.7 cm³/mol. The Morgan fingerprint density at radius 1 is 1.29 bits per heavy atom. The second-order valence-corrected chi connectivity index (χ2v) is 4.67. The summed E-state index contributed by atoms with van der Waals surface area (Å²) in [6.45, 7) is 7.63. The van der Waals surface area contributed by atoms with Gasteiger partial charge in [0.2, 0.25) is 0 Å². The maximum Gasteiger partial charge on any atom is 0.188 e. The second-order valence-electron chi connectivity index (χ2n) is 4.67. The van der Waals surface area contributed by atoms with Gasteiger partial charge in [0.1, 0.15) is 5.75 Å². The molecule has 0 radical (unpaired) electrons. The number of hydrogen-bond donors (Lipinski definition) is 2. The van der Waals surface area contributed by atoms with Crippen molar-refractivity contribution in [3.05, 3.63) is 29.8 Å². The van der Waals surface area contributed by atoms with Crippen LogP contribution in [0.2, 0.25) is 0 Å². The summed E-state index contributed by atoms with van der Waals surface area (Å²) in [4.78, 5) is 4.32. The minimum atomic E-state index is 0.464. The van der Waals surface area contributed by atoms with Gasteiger partial charge in [-0.05, 0) is 37.5 Å². The van der Waals surface area contributed by atoms with Gasteiger partial charge in [-0.25, -0.2) is 4.99 Å². The first-order valence-electron chi connectivity index (χ1n) is 7.59. The van der Waals surface area contributed by atoms with Crippen molar-refractivity contribution >= 4 is 5.96 Å². The van der Waals surface area contributed by atoms with E-state index in [0.717, 1.165) is 50.5 Å². The van der Waals surface area contributed by atoms with Crippen LogP contribution in [-0.4, -0.2) is 32.3 Å². The molecule has 0 aromatic heterocycles. The standard InChI is InChI=1S/C16H27N3O2/c1-3-10-21-15-8-5-7-14(12-15)13-19-16(17)18-9-6-11-20-4-2/h5,7-8,12H,3-4,6,9-11,13H2,1-2H3,(H3,17,18,19). The van der Waals surface area contributed by atoms with Gasteiger partial charge in [0, 0.05) is 19.8 Å². The lowest BCUT2D eigenvalue weighted by atomic mass is 10.2. The van der Waals surface area contributed by atoms with E-state index in [9.17, 15) is 0 Å². The zero-order chi connectivity index (χ0) is 15.3. The minimum absolute atomic E-state index is 0.464. The highest BCUT2D eigenvalue weighted by molar-refractivity contribution is 5.77. The number of rotatable bonds is 10. The molecule has 0 aliphatic carbocycles. The summed E-state index contributed by atoms with van der Waals surface area (Å²) in [5.74, 6) is 1.35. The largest absolute Gasteiger partial charge is 0.494 e. The molecule has 3 N–H and O–H groups in total. The smallest absolute Gasteiger partial charge is 0.188 e. The Balaban J connectivity index is 2.33. The van der Waals surface area contributed by atoms with Gasteiger partial charge in [-0.1, -0.05) is 19.1 Å².